The summed E-state index contributed by atoms with van der Waals surface area (Å²) in [5, 5.41) is 12.1. The van der Waals surface area contributed by atoms with Gasteiger partial charge in [-0.15, -0.1) is 10.2 Å². The molecule has 1 fully saturated rings. The smallest absolute Gasteiger partial charge is 0.262 e. The molecule has 0 radical (unpaired) electrons. The van der Waals surface area contributed by atoms with Gasteiger partial charge in [-0.2, -0.15) is 0 Å². The van der Waals surface area contributed by atoms with Gasteiger partial charge in [0.1, 0.15) is 5.75 Å². The van der Waals surface area contributed by atoms with Gasteiger partial charge in [0.2, 0.25) is 0 Å². The SMILES string of the molecule is Cc1ccc(Cl)c(OCC(=O)Nc2ccc(-c3ccc(N4CCCCC4)nn3)cc2)c1. The Balaban J connectivity index is 1.33. The molecule has 160 valence electrons. The molecule has 0 atom stereocenters. The molecule has 7 heteroatoms. The lowest BCUT2D eigenvalue weighted by molar-refractivity contribution is -0.118. The Hall–Kier alpha value is -3.12. The molecule has 1 amide bonds. The lowest BCUT2D eigenvalue weighted by Gasteiger charge is -2.27. The van der Waals surface area contributed by atoms with Crippen molar-refractivity contribution in [2.24, 2.45) is 0 Å². The molecule has 0 saturated carbocycles. The van der Waals surface area contributed by atoms with Crippen LogP contribution in [0.15, 0.2) is 54.6 Å². The average molecular weight is 437 g/mol. The molecule has 3 aromatic rings. The van der Waals surface area contributed by atoms with Gasteiger partial charge in [-0.1, -0.05) is 29.8 Å². The summed E-state index contributed by atoms with van der Waals surface area (Å²) >= 11 is 6.10. The first-order valence-electron chi connectivity index (χ1n) is 10.5. The summed E-state index contributed by atoms with van der Waals surface area (Å²) in [5.41, 5.74) is 3.45. The Kier molecular flexibility index (Phi) is 6.67. The number of benzene rings is 2. The summed E-state index contributed by atoms with van der Waals surface area (Å²) < 4.78 is 5.54. The maximum absolute atomic E-state index is 12.2. The summed E-state index contributed by atoms with van der Waals surface area (Å²) in [4.78, 5) is 14.5. The summed E-state index contributed by atoms with van der Waals surface area (Å²) in [6, 6.07) is 17.0. The topological polar surface area (TPSA) is 67.3 Å². The van der Waals surface area contributed by atoms with E-state index in [1.165, 1.54) is 19.3 Å². The minimum Gasteiger partial charge on any atom is -0.482 e. The van der Waals surface area contributed by atoms with E-state index in [0.717, 1.165) is 35.7 Å². The second-order valence-electron chi connectivity index (χ2n) is 7.67. The van der Waals surface area contributed by atoms with E-state index < -0.39 is 0 Å². The highest BCUT2D eigenvalue weighted by Crippen LogP contribution is 2.25. The standard InChI is InChI=1S/C24H25ClN4O2/c1-17-5-10-20(25)22(15-17)31-16-24(30)26-19-8-6-18(7-9-19)21-11-12-23(28-27-21)29-13-3-2-4-14-29/h5-12,15H,2-4,13-14,16H2,1H3,(H,26,30). The lowest BCUT2D eigenvalue weighted by Crippen LogP contribution is -2.30. The van der Waals surface area contributed by atoms with Crippen LogP contribution in [-0.4, -0.2) is 35.8 Å². The van der Waals surface area contributed by atoms with Gasteiger partial charge in [0.05, 0.1) is 10.7 Å². The monoisotopic (exact) mass is 436 g/mol. The maximum Gasteiger partial charge on any atom is 0.262 e. The van der Waals surface area contributed by atoms with Crippen LogP contribution in [0.5, 0.6) is 5.75 Å². The molecule has 1 N–H and O–H groups in total. The summed E-state index contributed by atoms with van der Waals surface area (Å²) in [6.07, 6.45) is 3.70. The molecule has 31 heavy (non-hydrogen) atoms. The van der Waals surface area contributed by atoms with E-state index in [-0.39, 0.29) is 12.5 Å². The minimum absolute atomic E-state index is 0.117. The van der Waals surface area contributed by atoms with E-state index in [0.29, 0.717) is 16.5 Å². The molecule has 1 aromatic heterocycles. The van der Waals surface area contributed by atoms with Crippen LogP contribution >= 0.6 is 11.6 Å². The highest BCUT2D eigenvalue weighted by molar-refractivity contribution is 6.32. The molecule has 0 spiro atoms. The molecule has 0 unspecified atom stereocenters. The van der Waals surface area contributed by atoms with Crippen molar-refractivity contribution in [1.29, 1.82) is 0 Å². The summed E-state index contributed by atoms with van der Waals surface area (Å²) in [5.74, 6) is 1.18. The fourth-order valence-electron chi connectivity index (χ4n) is 3.56. The van der Waals surface area contributed by atoms with Crippen molar-refractivity contribution in [3.63, 3.8) is 0 Å². The van der Waals surface area contributed by atoms with Crippen molar-refractivity contribution in [2.75, 3.05) is 29.9 Å². The highest BCUT2D eigenvalue weighted by atomic mass is 35.5. The van der Waals surface area contributed by atoms with Crippen molar-refractivity contribution in [2.45, 2.75) is 26.2 Å². The largest absolute Gasteiger partial charge is 0.482 e. The van der Waals surface area contributed by atoms with Crippen LogP contribution in [0.4, 0.5) is 11.5 Å². The zero-order chi connectivity index (χ0) is 21.6. The Bertz CT molecular complexity index is 1030. The van der Waals surface area contributed by atoms with E-state index in [4.69, 9.17) is 16.3 Å². The van der Waals surface area contributed by atoms with Crippen molar-refractivity contribution in [3.8, 4) is 17.0 Å². The second-order valence-corrected chi connectivity index (χ2v) is 8.08. The highest BCUT2D eigenvalue weighted by Gasteiger charge is 2.13. The second kappa shape index (κ2) is 9.79. The average Bonchev–Trinajstić information content (AvgIpc) is 2.81. The van der Waals surface area contributed by atoms with E-state index in [9.17, 15) is 4.79 Å². The number of carbonyl (C=O) groups is 1. The van der Waals surface area contributed by atoms with Crippen molar-refractivity contribution in [1.82, 2.24) is 10.2 Å². The fourth-order valence-corrected chi connectivity index (χ4v) is 3.73. The number of nitrogens with one attached hydrogen (secondary N) is 1. The number of halogens is 1. The predicted octanol–water partition coefficient (Wildman–Crippen LogP) is 5.11. The van der Waals surface area contributed by atoms with E-state index in [1.54, 1.807) is 6.07 Å². The third-order valence-corrected chi connectivity index (χ3v) is 5.55. The molecule has 2 heterocycles. The molecule has 1 aliphatic rings. The number of nitrogens with zero attached hydrogens (tertiary/aromatic N) is 3. The summed E-state index contributed by atoms with van der Waals surface area (Å²) in [6.45, 7) is 3.91. The van der Waals surface area contributed by atoms with E-state index >= 15 is 0 Å². The number of carbonyl (C=O) groups excluding carboxylic acids is 1. The van der Waals surface area contributed by atoms with Crippen molar-refractivity contribution in [3.05, 3.63) is 65.2 Å². The molecule has 0 aliphatic carbocycles. The van der Waals surface area contributed by atoms with Crippen molar-refractivity contribution >= 4 is 29.0 Å². The van der Waals surface area contributed by atoms with Gasteiger partial charge in [-0.3, -0.25) is 4.79 Å². The van der Waals surface area contributed by atoms with Gasteiger partial charge in [-0.05, 0) is 68.1 Å². The Morgan fingerprint density at radius 3 is 2.52 bits per heavy atom. The van der Waals surface area contributed by atoms with Crippen molar-refractivity contribution < 1.29 is 9.53 Å². The molecule has 0 bridgehead atoms. The van der Waals surface area contributed by atoms with Crippen LogP contribution in [0.3, 0.4) is 0 Å². The Morgan fingerprint density at radius 2 is 1.81 bits per heavy atom. The number of piperidine rings is 1. The van der Waals surface area contributed by atoms with Gasteiger partial charge in [-0.25, -0.2) is 0 Å². The van der Waals surface area contributed by atoms with E-state index in [2.05, 4.69) is 20.4 Å². The van der Waals surface area contributed by atoms with Crippen LogP contribution in [0.1, 0.15) is 24.8 Å². The fraction of sp³-hybridized carbons (Fsp3) is 0.292. The normalized spacial score (nSPS) is 13.7. The number of rotatable bonds is 6. The van der Waals surface area contributed by atoms with Crippen LogP contribution in [0, 0.1) is 6.92 Å². The zero-order valence-corrected chi connectivity index (χ0v) is 18.2. The molecule has 1 aliphatic heterocycles. The first-order valence-corrected chi connectivity index (χ1v) is 10.8. The van der Waals surface area contributed by atoms with Crippen LogP contribution in [0.25, 0.3) is 11.3 Å². The Morgan fingerprint density at radius 1 is 1.03 bits per heavy atom. The zero-order valence-electron chi connectivity index (χ0n) is 17.5. The predicted molar refractivity (Wildman–Crippen MR) is 124 cm³/mol. The number of ether oxygens (including phenoxy) is 1. The number of aryl methyl sites for hydroxylation is 1. The molecule has 4 rings (SSSR count). The first-order chi connectivity index (χ1) is 15.1. The number of hydrogen-bond donors (Lipinski definition) is 1. The van der Waals surface area contributed by atoms with Gasteiger partial charge in [0, 0.05) is 24.3 Å². The summed E-state index contributed by atoms with van der Waals surface area (Å²) in [7, 11) is 0. The third kappa shape index (κ3) is 5.52. The minimum atomic E-state index is -0.254. The first kappa shape index (κ1) is 21.1. The number of anilines is 2. The van der Waals surface area contributed by atoms with Gasteiger partial charge >= 0.3 is 0 Å². The molecule has 2 aromatic carbocycles. The molecule has 6 nitrogen and oxygen atoms in total. The van der Waals surface area contributed by atoms with Gasteiger partial charge in [0.25, 0.3) is 5.91 Å². The number of hydrogen-bond acceptors (Lipinski definition) is 5. The van der Waals surface area contributed by atoms with Crippen LogP contribution in [0.2, 0.25) is 5.02 Å². The lowest BCUT2D eigenvalue weighted by atomic mass is 10.1. The van der Waals surface area contributed by atoms with Gasteiger partial charge < -0.3 is 15.0 Å². The van der Waals surface area contributed by atoms with Crippen LogP contribution in [-0.2, 0) is 4.79 Å². The Labute approximate surface area is 187 Å². The quantitative estimate of drug-likeness (QED) is 0.581. The molecular weight excluding hydrogens is 412 g/mol. The van der Waals surface area contributed by atoms with E-state index in [1.807, 2.05) is 55.5 Å². The van der Waals surface area contributed by atoms with Gasteiger partial charge in [0.15, 0.2) is 12.4 Å². The molecular formula is C24H25ClN4O2. The number of amides is 1. The van der Waals surface area contributed by atoms with Crippen LogP contribution < -0.4 is 15.0 Å². The maximum atomic E-state index is 12.2. The molecule has 1 saturated heterocycles. The third-order valence-electron chi connectivity index (χ3n) is 5.24. The number of aromatic nitrogens is 2.